The van der Waals surface area contributed by atoms with Crippen molar-refractivity contribution in [2.24, 2.45) is 0 Å². The maximum absolute atomic E-state index is 3.73. The van der Waals surface area contributed by atoms with E-state index in [1.807, 2.05) is 0 Å². The quantitative estimate of drug-likeness (QED) is 0.426. The standard InChI is InChI=1S/C29H34N2.2ClH/c1-3-10-24(11-4-1)25-16-20-31(21-17-25)19-9-18-29(27-13-5-2-6-14-27)23-30-22-26-12-7-8-15-28(26)29;;/h1-8,10-15,25,30H,9,16-23H2;2*1H. The molecule has 2 nitrogen and oxygen atoms in total. The van der Waals surface area contributed by atoms with Crippen molar-refractivity contribution in [3.63, 3.8) is 0 Å². The fourth-order valence-corrected chi connectivity index (χ4v) is 5.85. The second kappa shape index (κ2) is 12.0. The minimum Gasteiger partial charge on any atom is -0.311 e. The predicted molar refractivity (Wildman–Crippen MR) is 144 cm³/mol. The molecule has 2 aliphatic rings. The Balaban J connectivity index is 0.00000153. The van der Waals surface area contributed by atoms with Crippen LogP contribution in [0.2, 0.25) is 0 Å². The van der Waals surface area contributed by atoms with Crippen molar-refractivity contribution >= 4 is 24.8 Å². The molecule has 0 radical (unpaired) electrons. The lowest BCUT2D eigenvalue weighted by molar-refractivity contribution is 0.203. The summed E-state index contributed by atoms with van der Waals surface area (Å²) in [6.45, 7) is 5.68. The summed E-state index contributed by atoms with van der Waals surface area (Å²) in [5, 5.41) is 3.73. The van der Waals surface area contributed by atoms with Crippen molar-refractivity contribution in [3.05, 3.63) is 107 Å². The van der Waals surface area contributed by atoms with Crippen LogP contribution in [0.5, 0.6) is 0 Å². The average molecular weight is 484 g/mol. The molecular weight excluding hydrogens is 447 g/mol. The second-order valence-electron chi connectivity index (χ2n) is 9.34. The highest BCUT2D eigenvalue weighted by atomic mass is 35.5. The van der Waals surface area contributed by atoms with Gasteiger partial charge in [0.05, 0.1) is 0 Å². The van der Waals surface area contributed by atoms with Gasteiger partial charge in [-0.05, 0) is 73.5 Å². The van der Waals surface area contributed by atoms with Gasteiger partial charge in [0.1, 0.15) is 0 Å². The molecule has 176 valence electrons. The summed E-state index contributed by atoms with van der Waals surface area (Å²) in [4.78, 5) is 2.69. The van der Waals surface area contributed by atoms with E-state index in [1.165, 1.54) is 67.6 Å². The van der Waals surface area contributed by atoms with Gasteiger partial charge in [-0.3, -0.25) is 0 Å². The monoisotopic (exact) mass is 482 g/mol. The maximum Gasteiger partial charge on any atom is 0.0331 e. The third-order valence-electron chi connectivity index (χ3n) is 7.54. The van der Waals surface area contributed by atoms with Gasteiger partial charge >= 0.3 is 0 Å². The summed E-state index contributed by atoms with van der Waals surface area (Å²) < 4.78 is 0. The van der Waals surface area contributed by atoms with Crippen molar-refractivity contribution in [2.45, 2.75) is 43.6 Å². The van der Waals surface area contributed by atoms with Crippen LogP contribution in [0.3, 0.4) is 0 Å². The van der Waals surface area contributed by atoms with Gasteiger partial charge in [-0.25, -0.2) is 0 Å². The zero-order chi connectivity index (χ0) is 20.9. The topological polar surface area (TPSA) is 15.3 Å². The number of nitrogens with zero attached hydrogens (tertiary/aromatic N) is 1. The van der Waals surface area contributed by atoms with Gasteiger partial charge in [0.2, 0.25) is 0 Å². The Morgan fingerprint density at radius 1 is 0.788 bits per heavy atom. The van der Waals surface area contributed by atoms with E-state index in [2.05, 4.69) is 95.1 Å². The molecule has 0 aliphatic carbocycles. The fourth-order valence-electron chi connectivity index (χ4n) is 5.85. The molecule has 1 unspecified atom stereocenters. The molecule has 5 rings (SSSR count). The van der Waals surface area contributed by atoms with Gasteiger partial charge in [0, 0.05) is 18.5 Å². The second-order valence-corrected chi connectivity index (χ2v) is 9.34. The third-order valence-corrected chi connectivity index (χ3v) is 7.54. The highest BCUT2D eigenvalue weighted by Gasteiger charge is 2.37. The molecule has 0 amide bonds. The zero-order valence-corrected chi connectivity index (χ0v) is 20.9. The highest BCUT2D eigenvalue weighted by Crippen LogP contribution is 2.40. The van der Waals surface area contributed by atoms with E-state index in [9.17, 15) is 0 Å². The van der Waals surface area contributed by atoms with Crippen molar-refractivity contribution in [2.75, 3.05) is 26.2 Å². The summed E-state index contributed by atoms with van der Waals surface area (Å²) in [6, 6.07) is 31.3. The van der Waals surface area contributed by atoms with Crippen LogP contribution in [0.1, 0.15) is 53.9 Å². The predicted octanol–water partition coefficient (Wildman–Crippen LogP) is 6.58. The molecule has 1 atom stereocenters. The molecule has 2 aliphatic heterocycles. The fraction of sp³-hybridized carbons (Fsp3) is 0.379. The molecule has 0 bridgehead atoms. The van der Waals surface area contributed by atoms with Crippen LogP contribution < -0.4 is 5.32 Å². The van der Waals surface area contributed by atoms with Crippen LogP contribution >= 0.6 is 24.8 Å². The molecule has 3 aromatic rings. The third kappa shape index (κ3) is 5.63. The lowest BCUT2D eigenvalue weighted by Crippen LogP contribution is -2.44. The number of piperidine rings is 1. The molecule has 0 spiro atoms. The first-order valence-corrected chi connectivity index (χ1v) is 12.0. The zero-order valence-electron chi connectivity index (χ0n) is 19.3. The lowest BCUT2D eigenvalue weighted by Gasteiger charge is -2.41. The minimum absolute atomic E-state index is 0. The van der Waals surface area contributed by atoms with Crippen LogP contribution in [-0.4, -0.2) is 31.1 Å². The molecule has 1 saturated heterocycles. The van der Waals surface area contributed by atoms with Gasteiger partial charge in [-0.15, -0.1) is 24.8 Å². The van der Waals surface area contributed by atoms with E-state index in [1.54, 1.807) is 0 Å². The Bertz CT molecular complexity index is 971. The molecule has 0 aromatic heterocycles. The van der Waals surface area contributed by atoms with E-state index in [-0.39, 0.29) is 30.2 Å². The smallest absolute Gasteiger partial charge is 0.0331 e. The van der Waals surface area contributed by atoms with Gasteiger partial charge < -0.3 is 10.2 Å². The first-order chi connectivity index (χ1) is 15.4. The van der Waals surface area contributed by atoms with E-state index in [0.717, 1.165) is 19.0 Å². The molecule has 1 fully saturated rings. The first kappa shape index (κ1) is 25.8. The number of benzene rings is 3. The van der Waals surface area contributed by atoms with Crippen molar-refractivity contribution in [3.8, 4) is 0 Å². The van der Waals surface area contributed by atoms with E-state index in [4.69, 9.17) is 0 Å². The SMILES string of the molecule is Cl.Cl.c1ccc(C2CCN(CCCC3(c4ccccc4)CNCc4ccccc43)CC2)cc1. The molecular formula is C29H36Cl2N2. The maximum atomic E-state index is 3.73. The summed E-state index contributed by atoms with van der Waals surface area (Å²) in [6.07, 6.45) is 5.01. The van der Waals surface area contributed by atoms with Gasteiger partial charge in [0.15, 0.2) is 0 Å². The number of halogens is 2. The number of hydrogen-bond donors (Lipinski definition) is 1. The van der Waals surface area contributed by atoms with Crippen molar-refractivity contribution < 1.29 is 0 Å². The minimum atomic E-state index is 0. The summed E-state index contributed by atoms with van der Waals surface area (Å²) in [5.41, 5.74) is 6.05. The summed E-state index contributed by atoms with van der Waals surface area (Å²) in [5.74, 6) is 0.738. The van der Waals surface area contributed by atoms with E-state index in [0.29, 0.717) is 0 Å². The highest BCUT2D eigenvalue weighted by molar-refractivity contribution is 5.85. The van der Waals surface area contributed by atoms with E-state index >= 15 is 0 Å². The normalized spacial score (nSPS) is 20.8. The number of rotatable bonds is 6. The van der Waals surface area contributed by atoms with Crippen LogP contribution in [-0.2, 0) is 12.0 Å². The molecule has 2 heterocycles. The van der Waals surface area contributed by atoms with Crippen LogP contribution in [0.4, 0.5) is 0 Å². The molecule has 33 heavy (non-hydrogen) atoms. The lowest BCUT2D eigenvalue weighted by atomic mass is 9.68. The summed E-state index contributed by atoms with van der Waals surface area (Å²) in [7, 11) is 0. The van der Waals surface area contributed by atoms with Crippen LogP contribution in [0.25, 0.3) is 0 Å². The Kier molecular flexibility index (Phi) is 9.40. The van der Waals surface area contributed by atoms with Gasteiger partial charge in [0.25, 0.3) is 0 Å². The van der Waals surface area contributed by atoms with Gasteiger partial charge in [-0.1, -0.05) is 84.9 Å². The van der Waals surface area contributed by atoms with Crippen LogP contribution in [0.15, 0.2) is 84.9 Å². The molecule has 3 aromatic carbocycles. The number of nitrogens with one attached hydrogen (secondary N) is 1. The molecule has 4 heteroatoms. The summed E-state index contributed by atoms with van der Waals surface area (Å²) >= 11 is 0. The Hall–Kier alpha value is -1.84. The Labute approximate surface area is 211 Å². The van der Waals surface area contributed by atoms with Gasteiger partial charge in [-0.2, -0.15) is 0 Å². The first-order valence-electron chi connectivity index (χ1n) is 12.0. The Morgan fingerprint density at radius 3 is 2.15 bits per heavy atom. The molecule has 0 saturated carbocycles. The Morgan fingerprint density at radius 2 is 1.42 bits per heavy atom. The molecule has 1 N–H and O–H groups in total. The average Bonchev–Trinajstić information content (AvgIpc) is 2.86. The number of likely N-dealkylation sites (tertiary alicyclic amines) is 1. The van der Waals surface area contributed by atoms with Crippen LogP contribution in [0, 0.1) is 0 Å². The van der Waals surface area contributed by atoms with Crippen molar-refractivity contribution in [1.29, 1.82) is 0 Å². The largest absolute Gasteiger partial charge is 0.311 e. The van der Waals surface area contributed by atoms with E-state index < -0.39 is 0 Å². The van der Waals surface area contributed by atoms with Crippen molar-refractivity contribution in [1.82, 2.24) is 10.2 Å². The number of hydrogen-bond acceptors (Lipinski definition) is 2. The number of fused-ring (bicyclic) bond motifs is 1.